The van der Waals surface area contributed by atoms with Gasteiger partial charge in [-0.15, -0.1) is 0 Å². The summed E-state index contributed by atoms with van der Waals surface area (Å²) >= 11 is 0.924. The van der Waals surface area contributed by atoms with Crippen molar-refractivity contribution in [3.8, 4) is 11.5 Å². The van der Waals surface area contributed by atoms with E-state index in [4.69, 9.17) is 9.47 Å². The number of carbonyl (C=O) groups excluding carboxylic acids is 2. The van der Waals surface area contributed by atoms with E-state index in [-0.39, 0.29) is 30.1 Å². The topological polar surface area (TPSA) is 55.8 Å². The van der Waals surface area contributed by atoms with Crippen molar-refractivity contribution in [2.45, 2.75) is 20.1 Å². The lowest BCUT2D eigenvalue weighted by atomic mass is 10.1. The molecule has 0 bridgehead atoms. The van der Waals surface area contributed by atoms with E-state index < -0.39 is 0 Å². The molecule has 0 radical (unpaired) electrons. The van der Waals surface area contributed by atoms with E-state index in [9.17, 15) is 14.0 Å². The summed E-state index contributed by atoms with van der Waals surface area (Å²) in [5.74, 6) is 0.446. The van der Waals surface area contributed by atoms with Gasteiger partial charge in [0.1, 0.15) is 12.4 Å². The van der Waals surface area contributed by atoms with Gasteiger partial charge in [0.2, 0.25) is 0 Å². The first-order valence-corrected chi connectivity index (χ1v) is 11.3. The smallest absolute Gasteiger partial charge is 0.293 e. The Balaban J connectivity index is 1.50. The molecule has 7 heteroatoms. The van der Waals surface area contributed by atoms with Crippen molar-refractivity contribution in [3.05, 3.63) is 100 Å². The Kier molecular flexibility index (Phi) is 7.10. The number of halogens is 1. The van der Waals surface area contributed by atoms with Gasteiger partial charge < -0.3 is 9.47 Å². The molecule has 0 unspecified atom stereocenters. The number of hydrogen-bond acceptors (Lipinski definition) is 5. The van der Waals surface area contributed by atoms with Gasteiger partial charge in [0.25, 0.3) is 11.1 Å². The first-order valence-electron chi connectivity index (χ1n) is 10.5. The third-order valence-corrected chi connectivity index (χ3v) is 5.84. The van der Waals surface area contributed by atoms with Crippen LogP contribution in [0.15, 0.2) is 77.7 Å². The average Bonchev–Trinajstić information content (AvgIpc) is 3.08. The molecule has 4 rings (SSSR count). The molecule has 0 atom stereocenters. The molecule has 0 saturated carbocycles. The highest BCUT2D eigenvalue weighted by Crippen LogP contribution is 2.35. The number of nitrogens with zero attached hydrogens (tertiary/aromatic N) is 1. The zero-order chi connectivity index (χ0) is 23.2. The van der Waals surface area contributed by atoms with Crippen molar-refractivity contribution in [1.82, 2.24) is 4.90 Å². The van der Waals surface area contributed by atoms with E-state index in [1.54, 1.807) is 36.4 Å². The monoisotopic (exact) mass is 463 g/mol. The standard InChI is InChI=1S/C26H22FNO4S/c1-2-31-23-14-20(10-13-22(23)32-17-19-8-11-21(27)12-9-19)15-24-25(29)28(26(30)33-24)16-18-6-4-3-5-7-18/h3-15H,2,16-17H2,1H3/b24-15-. The maximum absolute atomic E-state index is 13.1. The van der Waals surface area contributed by atoms with Crippen molar-refractivity contribution < 1.29 is 23.5 Å². The number of imide groups is 1. The van der Waals surface area contributed by atoms with Gasteiger partial charge in [-0.3, -0.25) is 14.5 Å². The Morgan fingerprint density at radius 3 is 2.39 bits per heavy atom. The molecule has 168 valence electrons. The van der Waals surface area contributed by atoms with Crippen molar-refractivity contribution in [2.75, 3.05) is 6.61 Å². The van der Waals surface area contributed by atoms with Crippen LogP contribution in [0.4, 0.5) is 9.18 Å². The number of rotatable bonds is 8. The lowest BCUT2D eigenvalue weighted by Crippen LogP contribution is -2.27. The van der Waals surface area contributed by atoms with Gasteiger partial charge in [0, 0.05) is 0 Å². The third-order valence-electron chi connectivity index (χ3n) is 4.93. The zero-order valence-electron chi connectivity index (χ0n) is 18.0. The SMILES string of the molecule is CCOc1cc(/C=C2\SC(=O)N(Cc3ccccc3)C2=O)ccc1OCc1ccc(F)cc1. The summed E-state index contributed by atoms with van der Waals surface area (Å²) in [4.78, 5) is 26.8. The first-order chi connectivity index (χ1) is 16.0. The number of ether oxygens (including phenoxy) is 2. The summed E-state index contributed by atoms with van der Waals surface area (Å²) in [5.41, 5.74) is 2.44. The second-order valence-corrected chi connectivity index (χ2v) is 8.30. The number of amides is 2. The summed E-state index contributed by atoms with van der Waals surface area (Å²) in [7, 11) is 0. The van der Waals surface area contributed by atoms with Crippen molar-refractivity contribution >= 4 is 29.0 Å². The normalized spacial score (nSPS) is 14.7. The molecule has 3 aromatic rings. The Hall–Kier alpha value is -3.58. The maximum atomic E-state index is 13.1. The predicted molar refractivity (Wildman–Crippen MR) is 126 cm³/mol. The maximum Gasteiger partial charge on any atom is 0.293 e. The van der Waals surface area contributed by atoms with Gasteiger partial charge in [-0.2, -0.15) is 0 Å². The number of benzene rings is 3. The van der Waals surface area contributed by atoms with E-state index in [2.05, 4.69) is 0 Å². The van der Waals surface area contributed by atoms with Crippen LogP contribution in [0.25, 0.3) is 6.08 Å². The van der Waals surface area contributed by atoms with Gasteiger partial charge in [-0.05, 0) is 65.7 Å². The Bertz CT molecular complexity index is 1180. The van der Waals surface area contributed by atoms with Crippen LogP contribution in [0, 0.1) is 5.82 Å². The molecule has 1 aliphatic heterocycles. The minimum Gasteiger partial charge on any atom is -0.490 e. The van der Waals surface area contributed by atoms with Crippen LogP contribution in [-0.2, 0) is 17.9 Å². The van der Waals surface area contributed by atoms with E-state index in [1.165, 1.54) is 17.0 Å². The molecule has 1 aliphatic rings. The van der Waals surface area contributed by atoms with Crippen molar-refractivity contribution in [3.63, 3.8) is 0 Å². The molecule has 0 N–H and O–H groups in total. The van der Waals surface area contributed by atoms with Gasteiger partial charge in [0.05, 0.1) is 18.1 Å². The van der Waals surface area contributed by atoms with Gasteiger partial charge in [-0.1, -0.05) is 48.5 Å². The average molecular weight is 464 g/mol. The minimum atomic E-state index is -0.316. The lowest BCUT2D eigenvalue weighted by Gasteiger charge is -2.13. The molecule has 1 fully saturated rings. The van der Waals surface area contributed by atoms with E-state index in [0.29, 0.717) is 23.0 Å². The zero-order valence-corrected chi connectivity index (χ0v) is 18.8. The summed E-state index contributed by atoms with van der Waals surface area (Å²) < 4.78 is 24.7. The van der Waals surface area contributed by atoms with Crippen LogP contribution in [0.5, 0.6) is 11.5 Å². The summed E-state index contributed by atoms with van der Waals surface area (Å²) in [6.07, 6.45) is 1.68. The fourth-order valence-corrected chi connectivity index (χ4v) is 4.14. The van der Waals surface area contributed by atoms with Gasteiger partial charge >= 0.3 is 0 Å². The fraction of sp³-hybridized carbons (Fsp3) is 0.154. The Labute approximate surface area is 195 Å². The molecule has 5 nitrogen and oxygen atoms in total. The number of carbonyl (C=O) groups is 2. The largest absolute Gasteiger partial charge is 0.490 e. The van der Waals surface area contributed by atoms with Crippen LogP contribution < -0.4 is 9.47 Å². The van der Waals surface area contributed by atoms with Crippen LogP contribution in [-0.4, -0.2) is 22.7 Å². The number of thioether (sulfide) groups is 1. The van der Waals surface area contributed by atoms with Crippen molar-refractivity contribution in [2.24, 2.45) is 0 Å². The van der Waals surface area contributed by atoms with E-state index in [0.717, 1.165) is 28.5 Å². The molecular weight excluding hydrogens is 441 g/mol. The molecule has 33 heavy (non-hydrogen) atoms. The van der Waals surface area contributed by atoms with E-state index in [1.807, 2.05) is 37.3 Å². The molecule has 0 aromatic heterocycles. The predicted octanol–water partition coefficient (Wildman–Crippen LogP) is 6.04. The molecule has 2 amide bonds. The molecule has 0 aliphatic carbocycles. The first kappa shape index (κ1) is 22.6. The van der Waals surface area contributed by atoms with E-state index >= 15 is 0 Å². The molecule has 1 saturated heterocycles. The summed E-state index contributed by atoms with van der Waals surface area (Å²) in [6, 6.07) is 20.8. The van der Waals surface area contributed by atoms with Crippen LogP contribution in [0.3, 0.4) is 0 Å². The van der Waals surface area contributed by atoms with Crippen LogP contribution in [0.1, 0.15) is 23.6 Å². The minimum absolute atomic E-state index is 0.239. The number of hydrogen-bond donors (Lipinski definition) is 0. The highest BCUT2D eigenvalue weighted by Gasteiger charge is 2.35. The summed E-state index contributed by atoms with van der Waals surface area (Å²) in [6.45, 7) is 2.80. The highest BCUT2D eigenvalue weighted by molar-refractivity contribution is 8.18. The lowest BCUT2D eigenvalue weighted by molar-refractivity contribution is -0.123. The molecule has 0 spiro atoms. The molecular formula is C26H22FNO4S. The summed E-state index contributed by atoms with van der Waals surface area (Å²) in [5, 5.41) is -0.292. The van der Waals surface area contributed by atoms with Crippen molar-refractivity contribution in [1.29, 1.82) is 0 Å². The second-order valence-electron chi connectivity index (χ2n) is 7.31. The molecule has 3 aromatic carbocycles. The van der Waals surface area contributed by atoms with Crippen LogP contribution >= 0.6 is 11.8 Å². The fourth-order valence-electron chi connectivity index (χ4n) is 3.30. The molecule has 1 heterocycles. The quantitative estimate of drug-likeness (QED) is 0.381. The van der Waals surface area contributed by atoms with Gasteiger partial charge in [0.15, 0.2) is 11.5 Å². The van der Waals surface area contributed by atoms with Crippen LogP contribution in [0.2, 0.25) is 0 Å². The third kappa shape index (κ3) is 5.62. The van der Waals surface area contributed by atoms with Gasteiger partial charge in [-0.25, -0.2) is 4.39 Å². The Morgan fingerprint density at radius 1 is 0.909 bits per heavy atom. The Morgan fingerprint density at radius 2 is 1.67 bits per heavy atom. The second kappa shape index (κ2) is 10.4. The highest BCUT2D eigenvalue weighted by atomic mass is 32.2.